The molecule has 0 fully saturated rings. The largest absolute Gasteiger partial charge is 2.00 e. The molecule has 0 heterocycles. The summed E-state index contributed by atoms with van der Waals surface area (Å²) >= 11 is 7.40. The van der Waals surface area contributed by atoms with Crippen LogP contribution in [0.1, 0.15) is 23.6 Å². The van der Waals surface area contributed by atoms with E-state index in [1.165, 1.54) is 10.8 Å². The van der Waals surface area contributed by atoms with E-state index in [1.54, 1.807) is 24.3 Å². The Bertz CT molecular complexity index is 878. The van der Waals surface area contributed by atoms with Gasteiger partial charge in [-0.1, -0.05) is 65.4 Å². The molecule has 0 aliphatic carbocycles. The second-order valence-corrected chi connectivity index (χ2v) is 6.13. The first kappa shape index (κ1) is 26.3. The van der Waals surface area contributed by atoms with Crippen LogP contribution in [-0.4, -0.2) is 10.2 Å². The molecule has 7 heteroatoms. The second-order valence-electron chi connectivity index (χ2n) is 5.77. The molecule has 3 rings (SSSR count). The fourth-order valence-corrected chi connectivity index (χ4v) is 2.86. The summed E-state index contributed by atoms with van der Waals surface area (Å²) in [6, 6.07) is 24.8. The van der Waals surface area contributed by atoms with Gasteiger partial charge in [0.15, 0.2) is 0 Å². The van der Waals surface area contributed by atoms with Crippen LogP contribution in [-0.2, 0) is 50.2 Å². The molecule has 0 spiro atoms. The topological polar surface area (TPSA) is 88.0 Å². The van der Waals surface area contributed by atoms with Crippen molar-refractivity contribution >= 4 is 25.3 Å². The van der Waals surface area contributed by atoms with Gasteiger partial charge in [-0.25, -0.2) is 10.5 Å². The van der Waals surface area contributed by atoms with E-state index in [1.807, 2.05) is 42.5 Å². The van der Waals surface area contributed by atoms with E-state index in [0.29, 0.717) is 0 Å². The van der Waals surface area contributed by atoms with E-state index in [2.05, 4.69) is 44.3 Å². The molecule has 0 aliphatic rings. The Kier molecular flexibility index (Phi) is 12.2. The molecule has 4 nitrogen and oxygen atoms in total. The van der Waals surface area contributed by atoms with Crippen molar-refractivity contribution in [2.24, 2.45) is 0 Å². The van der Waals surface area contributed by atoms with Gasteiger partial charge in [-0.15, -0.1) is 0 Å². The summed E-state index contributed by atoms with van der Waals surface area (Å²) in [5.74, 6) is 0.509. The maximum absolute atomic E-state index is 9.57. The number of rotatable bonds is 3. The van der Waals surface area contributed by atoms with Crippen molar-refractivity contribution in [1.82, 2.24) is 0 Å². The number of thiocyanates is 2. The third kappa shape index (κ3) is 7.33. The normalized spacial score (nSPS) is 9.07. The van der Waals surface area contributed by atoms with Gasteiger partial charge in [0.25, 0.3) is 0 Å². The Morgan fingerprint density at radius 2 is 0.931 bits per heavy atom. The minimum atomic E-state index is -0.358. The number of benzene rings is 3. The molecule has 0 aromatic heterocycles. The van der Waals surface area contributed by atoms with E-state index >= 15 is 0 Å². The molecule has 0 bridgehead atoms. The molecule has 0 aliphatic heterocycles. The third-order valence-corrected chi connectivity index (χ3v) is 4.24. The van der Waals surface area contributed by atoms with E-state index in [-0.39, 0.29) is 36.4 Å². The van der Waals surface area contributed by atoms with Crippen LogP contribution in [0.15, 0.2) is 78.9 Å². The van der Waals surface area contributed by atoms with Gasteiger partial charge in [-0.3, -0.25) is 0 Å². The van der Waals surface area contributed by atoms with Crippen LogP contribution < -0.4 is 0 Å². The van der Waals surface area contributed by atoms with Crippen LogP contribution in [0.25, 0.3) is 0 Å². The first-order valence-electron chi connectivity index (χ1n) is 8.11. The molecular formula is C22H18N2O2S2Zn. The van der Waals surface area contributed by atoms with Crippen molar-refractivity contribution in [3.8, 4) is 22.3 Å². The summed E-state index contributed by atoms with van der Waals surface area (Å²) in [6.07, 6.45) is 0. The van der Waals surface area contributed by atoms with Crippen LogP contribution in [0.2, 0.25) is 0 Å². The van der Waals surface area contributed by atoms with Gasteiger partial charge in [0.05, 0.1) is 0 Å². The standard InChI is InChI=1S/C20H18O2.2CHNS.Zn/c1-20(15-5-3-2-4-6-15,16-7-11-18(21)12-8-16)17-9-13-19(22)14-10-17;2*2-1-3;/h2-14,21-22H,1H3;2*3H;/q;;;+2/p-2. The van der Waals surface area contributed by atoms with Gasteiger partial charge in [-0.05, 0) is 47.9 Å². The van der Waals surface area contributed by atoms with Crippen molar-refractivity contribution in [2.45, 2.75) is 12.3 Å². The number of nitriles is 2. The van der Waals surface area contributed by atoms with Crippen LogP contribution in [0.3, 0.4) is 0 Å². The fraction of sp³-hybridized carbons (Fsp3) is 0.0909. The molecule has 0 unspecified atom stereocenters. The number of aromatic hydroxyl groups is 2. The molecule has 142 valence electrons. The quantitative estimate of drug-likeness (QED) is 0.253. The van der Waals surface area contributed by atoms with Crippen molar-refractivity contribution in [2.75, 3.05) is 0 Å². The van der Waals surface area contributed by atoms with Crippen molar-refractivity contribution in [3.05, 3.63) is 95.6 Å². The summed E-state index contributed by atoms with van der Waals surface area (Å²) < 4.78 is 0. The van der Waals surface area contributed by atoms with E-state index in [0.717, 1.165) is 16.7 Å². The fourth-order valence-electron chi connectivity index (χ4n) is 2.86. The molecule has 3 aromatic rings. The zero-order chi connectivity index (χ0) is 21.0. The number of phenols is 2. The molecule has 2 N–H and O–H groups in total. The predicted octanol–water partition coefficient (Wildman–Crippen LogP) is 4.48. The molecule has 0 saturated heterocycles. The Hall–Kier alpha value is -2.70. The zero-order valence-electron chi connectivity index (χ0n) is 15.8. The van der Waals surface area contributed by atoms with Gasteiger partial charge in [-0.2, -0.15) is 0 Å². The maximum Gasteiger partial charge on any atom is 2.00 e. The number of hydrogen-bond acceptors (Lipinski definition) is 6. The van der Waals surface area contributed by atoms with Crippen molar-refractivity contribution in [3.63, 3.8) is 0 Å². The van der Waals surface area contributed by atoms with Gasteiger partial charge >= 0.3 is 19.5 Å². The maximum atomic E-state index is 9.57. The number of phenolic OH excluding ortho intramolecular Hbond substituents is 2. The molecule has 0 radical (unpaired) electrons. The van der Waals surface area contributed by atoms with Gasteiger partial charge in [0, 0.05) is 5.41 Å². The first-order valence-corrected chi connectivity index (χ1v) is 8.92. The van der Waals surface area contributed by atoms with Gasteiger partial charge in [0.1, 0.15) is 11.5 Å². The number of hydrogen-bond donors (Lipinski definition) is 2. The summed E-state index contributed by atoms with van der Waals surface area (Å²) in [6.45, 7) is 2.15. The van der Waals surface area contributed by atoms with Crippen molar-refractivity contribution < 1.29 is 29.7 Å². The minimum absolute atomic E-state index is 0. The molecule has 0 amide bonds. The minimum Gasteiger partial charge on any atom is -0.696 e. The first-order chi connectivity index (χ1) is 13.4. The average Bonchev–Trinajstić information content (AvgIpc) is 2.70. The van der Waals surface area contributed by atoms with Crippen molar-refractivity contribution in [1.29, 1.82) is 10.5 Å². The summed E-state index contributed by atoms with van der Waals surface area (Å²) in [7, 11) is 0. The van der Waals surface area contributed by atoms with Crippen LogP contribution in [0.4, 0.5) is 0 Å². The van der Waals surface area contributed by atoms with Gasteiger partial charge < -0.3 is 35.5 Å². The molecule has 3 aromatic carbocycles. The Morgan fingerprint density at radius 1 is 0.655 bits per heavy atom. The Labute approximate surface area is 195 Å². The van der Waals surface area contributed by atoms with E-state index in [9.17, 15) is 10.2 Å². The van der Waals surface area contributed by atoms with Crippen LogP contribution in [0.5, 0.6) is 11.5 Å². The summed E-state index contributed by atoms with van der Waals surface area (Å²) in [5.41, 5.74) is 2.97. The molecule has 0 atom stereocenters. The Morgan fingerprint density at radius 3 is 1.24 bits per heavy atom. The Balaban J connectivity index is 0.00000100. The predicted molar refractivity (Wildman–Crippen MR) is 114 cm³/mol. The molecule has 0 saturated carbocycles. The van der Waals surface area contributed by atoms with E-state index < -0.39 is 0 Å². The summed E-state index contributed by atoms with van der Waals surface area (Å²) in [5, 5.41) is 36.1. The SMILES string of the molecule is CC(c1ccccc1)(c1ccc(O)cc1)c1ccc(O)cc1.N#C[S-].N#C[S-].[Zn+2]. The average molecular weight is 472 g/mol. The smallest absolute Gasteiger partial charge is 0.696 e. The molecular weight excluding hydrogens is 454 g/mol. The van der Waals surface area contributed by atoms with Crippen LogP contribution >= 0.6 is 0 Å². The molecule has 29 heavy (non-hydrogen) atoms. The second kappa shape index (κ2) is 13.5. The zero-order valence-corrected chi connectivity index (χ0v) is 20.4. The van der Waals surface area contributed by atoms with Crippen LogP contribution in [0, 0.1) is 21.3 Å². The monoisotopic (exact) mass is 470 g/mol. The third-order valence-electron chi connectivity index (χ3n) is 4.24. The van der Waals surface area contributed by atoms with E-state index in [4.69, 9.17) is 10.5 Å². The number of nitrogens with zero attached hydrogens (tertiary/aromatic N) is 2. The summed E-state index contributed by atoms with van der Waals surface area (Å²) in [4.78, 5) is 0. The van der Waals surface area contributed by atoms with Gasteiger partial charge in [0.2, 0.25) is 0 Å².